The van der Waals surface area contributed by atoms with Crippen molar-refractivity contribution in [3.63, 3.8) is 0 Å². The Morgan fingerprint density at radius 3 is 2.45 bits per heavy atom. The predicted molar refractivity (Wildman–Crippen MR) is 124 cm³/mol. The van der Waals surface area contributed by atoms with E-state index in [1.807, 2.05) is 18.2 Å². The van der Waals surface area contributed by atoms with Gasteiger partial charge in [-0.25, -0.2) is 4.79 Å². The Labute approximate surface area is 196 Å². The third-order valence-corrected chi connectivity index (χ3v) is 9.59. The number of carbonyl (C=O) groups is 2. The van der Waals surface area contributed by atoms with Gasteiger partial charge in [-0.1, -0.05) is 43.7 Å². The van der Waals surface area contributed by atoms with E-state index >= 15 is 0 Å². The van der Waals surface area contributed by atoms with Crippen molar-refractivity contribution in [2.75, 3.05) is 0 Å². The van der Waals surface area contributed by atoms with Crippen LogP contribution in [0.5, 0.6) is 0 Å². The second kappa shape index (κ2) is 8.26. The number of hydrogen-bond donors (Lipinski definition) is 1. The van der Waals surface area contributed by atoms with Crippen LogP contribution in [0.4, 0.5) is 0 Å². The lowest BCUT2D eigenvalue weighted by molar-refractivity contribution is -0.149. The van der Waals surface area contributed by atoms with Gasteiger partial charge in [0.1, 0.15) is 12.2 Å². The quantitative estimate of drug-likeness (QED) is 0.512. The molecule has 1 aromatic carbocycles. The van der Waals surface area contributed by atoms with Crippen LogP contribution in [0.2, 0.25) is 0 Å². The zero-order valence-electron chi connectivity index (χ0n) is 20.0. The summed E-state index contributed by atoms with van der Waals surface area (Å²) in [4.78, 5) is 24.3. The number of fused-ring (bicyclic) bond motifs is 5. The van der Waals surface area contributed by atoms with Gasteiger partial charge in [-0.2, -0.15) is 0 Å². The van der Waals surface area contributed by atoms with Crippen LogP contribution < -0.4 is 0 Å². The standard InChI is InChI=1S/C28H36O5/c1-17(29)32-20-11-13-27(2)19(15-20)16-23(30)25-21-9-10-24(28(21,3)14-12-22(25)27)33-26(31)18-7-5-4-6-8-18/h4-8,16,20-25,30H,9-15H2,1-3H3/t20-,21?,22?,23?,24-,25?,27-,28-/m0/s1. The molecule has 0 aliphatic heterocycles. The van der Waals surface area contributed by atoms with Crippen LogP contribution in [-0.4, -0.2) is 35.4 Å². The summed E-state index contributed by atoms with van der Waals surface area (Å²) in [5.41, 5.74) is 1.80. The van der Waals surface area contributed by atoms with E-state index in [4.69, 9.17) is 9.47 Å². The van der Waals surface area contributed by atoms with Crippen LogP contribution >= 0.6 is 0 Å². The smallest absolute Gasteiger partial charge is 0.338 e. The highest BCUT2D eigenvalue weighted by molar-refractivity contribution is 5.89. The van der Waals surface area contributed by atoms with Crippen molar-refractivity contribution >= 4 is 11.9 Å². The fourth-order valence-corrected chi connectivity index (χ4v) is 7.87. The molecule has 4 aliphatic rings. The zero-order valence-corrected chi connectivity index (χ0v) is 20.0. The van der Waals surface area contributed by atoms with E-state index in [-0.39, 0.29) is 40.9 Å². The lowest BCUT2D eigenvalue weighted by Crippen LogP contribution is -2.55. The molecule has 0 saturated heterocycles. The van der Waals surface area contributed by atoms with Gasteiger partial charge in [0.2, 0.25) is 0 Å². The molecular formula is C28H36O5. The molecule has 4 aliphatic carbocycles. The Hall–Kier alpha value is -2.14. The maximum absolute atomic E-state index is 12.8. The molecular weight excluding hydrogens is 416 g/mol. The summed E-state index contributed by atoms with van der Waals surface area (Å²) in [7, 11) is 0. The van der Waals surface area contributed by atoms with E-state index < -0.39 is 6.10 Å². The molecule has 5 rings (SSSR count). The van der Waals surface area contributed by atoms with E-state index in [1.165, 1.54) is 12.5 Å². The van der Waals surface area contributed by atoms with Crippen molar-refractivity contribution in [1.82, 2.24) is 0 Å². The monoisotopic (exact) mass is 452 g/mol. The van der Waals surface area contributed by atoms with Gasteiger partial charge in [-0.05, 0) is 73.8 Å². The molecule has 5 nitrogen and oxygen atoms in total. The highest BCUT2D eigenvalue weighted by Gasteiger charge is 2.61. The number of aliphatic hydroxyl groups is 1. The molecule has 0 spiro atoms. The number of aliphatic hydroxyl groups excluding tert-OH is 1. The summed E-state index contributed by atoms with van der Waals surface area (Å²) in [6.45, 7) is 6.10. The Bertz CT molecular complexity index is 954. The minimum Gasteiger partial charge on any atom is -0.462 e. The van der Waals surface area contributed by atoms with E-state index in [1.54, 1.807) is 12.1 Å². The Balaban J connectivity index is 1.37. The molecule has 8 atom stereocenters. The molecule has 0 radical (unpaired) electrons. The highest BCUT2D eigenvalue weighted by atomic mass is 16.5. The maximum Gasteiger partial charge on any atom is 0.338 e. The molecule has 4 unspecified atom stereocenters. The van der Waals surface area contributed by atoms with E-state index in [2.05, 4.69) is 19.9 Å². The van der Waals surface area contributed by atoms with E-state index in [0.717, 1.165) is 44.9 Å². The van der Waals surface area contributed by atoms with Gasteiger partial charge in [0.15, 0.2) is 0 Å². The first-order valence-corrected chi connectivity index (χ1v) is 12.5. The molecule has 3 saturated carbocycles. The summed E-state index contributed by atoms with van der Waals surface area (Å²) in [6, 6.07) is 9.23. The van der Waals surface area contributed by atoms with Gasteiger partial charge in [0.05, 0.1) is 11.7 Å². The van der Waals surface area contributed by atoms with Crippen LogP contribution in [0.15, 0.2) is 42.0 Å². The van der Waals surface area contributed by atoms with Crippen molar-refractivity contribution in [3.8, 4) is 0 Å². The van der Waals surface area contributed by atoms with Gasteiger partial charge in [-0.3, -0.25) is 4.79 Å². The molecule has 178 valence electrons. The Morgan fingerprint density at radius 2 is 1.73 bits per heavy atom. The van der Waals surface area contributed by atoms with Crippen molar-refractivity contribution in [2.24, 2.45) is 28.6 Å². The first-order valence-electron chi connectivity index (χ1n) is 12.5. The first kappa shape index (κ1) is 22.6. The molecule has 0 amide bonds. The minimum absolute atomic E-state index is 0.0423. The summed E-state index contributed by atoms with van der Waals surface area (Å²) in [6.07, 6.45) is 7.87. The summed E-state index contributed by atoms with van der Waals surface area (Å²) >= 11 is 0. The van der Waals surface area contributed by atoms with Crippen LogP contribution in [0, 0.1) is 28.6 Å². The third-order valence-electron chi connectivity index (χ3n) is 9.59. The normalized spacial score (nSPS) is 41.8. The first-order chi connectivity index (χ1) is 15.7. The third kappa shape index (κ3) is 3.73. The number of carbonyl (C=O) groups excluding carboxylic acids is 2. The molecule has 1 aromatic rings. The Kier molecular flexibility index (Phi) is 5.67. The van der Waals surface area contributed by atoms with Crippen LogP contribution in [-0.2, 0) is 14.3 Å². The van der Waals surface area contributed by atoms with Crippen LogP contribution in [0.3, 0.4) is 0 Å². The molecule has 5 heteroatoms. The largest absolute Gasteiger partial charge is 0.462 e. The van der Waals surface area contributed by atoms with Gasteiger partial charge in [0.25, 0.3) is 0 Å². The fourth-order valence-electron chi connectivity index (χ4n) is 7.87. The molecule has 0 bridgehead atoms. The molecule has 1 N–H and O–H groups in total. The molecule has 33 heavy (non-hydrogen) atoms. The van der Waals surface area contributed by atoms with Gasteiger partial charge in [0, 0.05) is 18.8 Å². The number of rotatable bonds is 3. The van der Waals surface area contributed by atoms with Crippen molar-refractivity contribution in [1.29, 1.82) is 0 Å². The average molecular weight is 453 g/mol. The van der Waals surface area contributed by atoms with Crippen molar-refractivity contribution < 1.29 is 24.2 Å². The number of benzene rings is 1. The van der Waals surface area contributed by atoms with Crippen LogP contribution in [0.1, 0.15) is 76.1 Å². The highest BCUT2D eigenvalue weighted by Crippen LogP contribution is 2.65. The van der Waals surface area contributed by atoms with Crippen LogP contribution in [0.25, 0.3) is 0 Å². The number of esters is 2. The van der Waals surface area contributed by atoms with Gasteiger partial charge >= 0.3 is 11.9 Å². The summed E-state index contributed by atoms with van der Waals surface area (Å²) in [5, 5.41) is 11.3. The predicted octanol–water partition coefficient (Wildman–Crippen LogP) is 5.08. The molecule has 0 heterocycles. The van der Waals surface area contributed by atoms with E-state index in [0.29, 0.717) is 17.4 Å². The SMILES string of the molecule is CC(=O)O[C@H]1CC[C@@]2(C)C(=CC(O)C3C2CC[C@@]2(C)C3CC[C@@H]2OC(=O)c2ccccc2)C1. The average Bonchev–Trinajstić information content (AvgIpc) is 3.11. The number of hydrogen-bond acceptors (Lipinski definition) is 5. The Morgan fingerprint density at radius 1 is 0.970 bits per heavy atom. The summed E-state index contributed by atoms with van der Waals surface area (Å²) in [5.74, 6) is 0.455. The lowest BCUT2D eigenvalue weighted by atomic mass is 9.47. The van der Waals surface area contributed by atoms with Gasteiger partial charge in [-0.15, -0.1) is 0 Å². The number of ether oxygens (including phenoxy) is 2. The molecule has 0 aromatic heterocycles. The maximum atomic E-state index is 12.8. The zero-order chi connectivity index (χ0) is 23.4. The summed E-state index contributed by atoms with van der Waals surface area (Å²) < 4.78 is 11.6. The topological polar surface area (TPSA) is 72.8 Å². The van der Waals surface area contributed by atoms with Crippen molar-refractivity contribution in [2.45, 2.75) is 84.0 Å². The molecule has 3 fully saturated rings. The second-order valence-electron chi connectivity index (χ2n) is 11.2. The second-order valence-corrected chi connectivity index (χ2v) is 11.2. The fraction of sp³-hybridized carbons (Fsp3) is 0.643. The van der Waals surface area contributed by atoms with E-state index in [9.17, 15) is 14.7 Å². The minimum atomic E-state index is -0.498. The van der Waals surface area contributed by atoms with Gasteiger partial charge < -0.3 is 14.6 Å². The van der Waals surface area contributed by atoms with Crippen molar-refractivity contribution in [3.05, 3.63) is 47.5 Å². The lowest BCUT2D eigenvalue weighted by Gasteiger charge is -2.58.